The van der Waals surface area contributed by atoms with E-state index in [9.17, 15) is 19.5 Å². The minimum atomic E-state index is -1.23. The maximum absolute atomic E-state index is 12.5. The Bertz CT molecular complexity index is 1050. The summed E-state index contributed by atoms with van der Waals surface area (Å²) in [5.74, 6) is -1.63. The molecule has 1 aromatic rings. The fraction of sp³-hybridized carbons (Fsp3) is 0.441. The summed E-state index contributed by atoms with van der Waals surface area (Å²) >= 11 is 0. The van der Waals surface area contributed by atoms with E-state index in [-0.39, 0.29) is 35.3 Å². The average Bonchev–Trinajstić information content (AvgIpc) is 2.93. The molecule has 0 saturated heterocycles. The monoisotopic (exact) mass is 549 g/mol. The number of Topliss-reactive ketones (excluding diaryl/α,β-unsaturated/α-hetero) is 1. The number of allylic oxidation sites excluding steroid dienone is 10. The molecule has 0 fully saturated rings. The Labute approximate surface area is 240 Å². The number of aromatic carboxylic acids is 1. The van der Waals surface area contributed by atoms with Crippen molar-refractivity contribution in [2.24, 2.45) is 5.92 Å². The molecular weight excluding hydrogens is 502 g/mol. The highest BCUT2D eigenvalue weighted by Gasteiger charge is 2.15. The van der Waals surface area contributed by atoms with Crippen LogP contribution in [0.25, 0.3) is 0 Å². The first-order valence-electron chi connectivity index (χ1n) is 14.5. The Hall–Kier alpha value is -3.67. The van der Waals surface area contributed by atoms with Crippen molar-refractivity contribution < 1.29 is 24.6 Å². The molecule has 0 bridgehead atoms. The normalized spacial score (nSPS) is 12.8. The molecule has 0 heterocycles. The number of benzene rings is 1. The first-order valence-corrected chi connectivity index (χ1v) is 14.5. The van der Waals surface area contributed by atoms with E-state index in [0.717, 1.165) is 51.4 Å². The van der Waals surface area contributed by atoms with Crippen LogP contribution in [0.2, 0.25) is 0 Å². The maximum atomic E-state index is 12.5. The van der Waals surface area contributed by atoms with Gasteiger partial charge in [0.25, 0.3) is 0 Å². The van der Waals surface area contributed by atoms with Gasteiger partial charge in [-0.25, -0.2) is 4.79 Å². The molecule has 3 N–H and O–H groups in total. The molecule has 0 aliphatic heterocycles. The number of rotatable bonds is 21. The fourth-order valence-electron chi connectivity index (χ4n) is 4.01. The van der Waals surface area contributed by atoms with Gasteiger partial charge >= 0.3 is 5.97 Å². The number of ketones is 1. The van der Waals surface area contributed by atoms with E-state index < -0.39 is 5.97 Å². The molecule has 6 heteroatoms. The molecule has 1 amide bonds. The van der Waals surface area contributed by atoms with Gasteiger partial charge in [0, 0.05) is 25.3 Å². The van der Waals surface area contributed by atoms with Gasteiger partial charge in [-0.1, -0.05) is 80.7 Å². The topological polar surface area (TPSA) is 104 Å². The lowest BCUT2D eigenvalue weighted by molar-refractivity contribution is -0.125. The average molecular weight is 550 g/mol. The Morgan fingerprint density at radius 3 is 1.98 bits per heavy atom. The molecule has 1 unspecified atom stereocenters. The van der Waals surface area contributed by atoms with Crippen molar-refractivity contribution in [2.75, 3.05) is 6.54 Å². The molecule has 0 saturated carbocycles. The number of phenols is 1. The van der Waals surface area contributed by atoms with Crippen LogP contribution in [0, 0.1) is 5.92 Å². The van der Waals surface area contributed by atoms with E-state index in [4.69, 9.17) is 5.11 Å². The van der Waals surface area contributed by atoms with Crippen LogP contribution in [-0.4, -0.2) is 34.4 Å². The van der Waals surface area contributed by atoms with Gasteiger partial charge in [0.15, 0.2) is 0 Å². The minimum absolute atomic E-state index is 0.0203. The molecule has 0 aliphatic rings. The number of carboxylic acid groups (broad SMARTS) is 1. The van der Waals surface area contributed by atoms with Crippen LogP contribution in [-0.2, 0) is 16.0 Å². The predicted octanol–water partition coefficient (Wildman–Crippen LogP) is 7.66. The number of aromatic hydroxyl groups is 1. The second-order valence-corrected chi connectivity index (χ2v) is 9.66. The lowest BCUT2D eigenvalue weighted by Gasteiger charge is -2.14. The van der Waals surface area contributed by atoms with Gasteiger partial charge < -0.3 is 15.5 Å². The van der Waals surface area contributed by atoms with Crippen LogP contribution in [0.1, 0.15) is 94.0 Å². The molecule has 0 aromatic heterocycles. The number of carbonyl (C=O) groups is 3. The van der Waals surface area contributed by atoms with Crippen LogP contribution in [0.15, 0.2) is 79.0 Å². The summed E-state index contributed by atoms with van der Waals surface area (Å²) in [6.07, 6.45) is 29.9. The van der Waals surface area contributed by atoms with E-state index >= 15 is 0 Å². The molecule has 0 spiro atoms. The molecule has 0 radical (unpaired) electrons. The molecule has 1 aromatic carbocycles. The molecular formula is C34H47NO5. The summed E-state index contributed by atoms with van der Waals surface area (Å²) in [4.78, 5) is 35.9. The van der Waals surface area contributed by atoms with Crippen molar-refractivity contribution in [1.29, 1.82) is 0 Å². The third-order valence-electron chi connectivity index (χ3n) is 6.33. The Kier molecular flexibility index (Phi) is 19.0. The van der Waals surface area contributed by atoms with Crippen molar-refractivity contribution in [1.82, 2.24) is 5.32 Å². The predicted molar refractivity (Wildman–Crippen MR) is 163 cm³/mol. The molecule has 1 rings (SSSR count). The zero-order chi connectivity index (χ0) is 29.4. The smallest absolute Gasteiger partial charge is 0.339 e. The summed E-state index contributed by atoms with van der Waals surface area (Å²) in [7, 11) is 0. The van der Waals surface area contributed by atoms with Crippen molar-refractivity contribution in [3.63, 3.8) is 0 Å². The second kappa shape index (κ2) is 22.2. The van der Waals surface area contributed by atoms with E-state index in [1.165, 1.54) is 12.1 Å². The largest absolute Gasteiger partial charge is 0.507 e. The SMILES string of the molecule is CC/C=C\C/C=C\C/C=C\C/C=C\C/C=C\CCC(CC)C(=O)NCCCC(=O)Cc1ccc(O)c(C(=O)O)c1. The molecule has 218 valence electrons. The molecule has 6 nitrogen and oxygen atoms in total. The molecule has 40 heavy (non-hydrogen) atoms. The fourth-order valence-corrected chi connectivity index (χ4v) is 4.01. The number of carboxylic acids is 1. The lowest BCUT2D eigenvalue weighted by atomic mass is 9.99. The van der Waals surface area contributed by atoms with Gasteiger partial charge in [0.2, 0.25) is 5.91 Å². The summed E-state index contributed by atoms with van der Waals surface area (Å²) in [5.41, 5.74) is 0.332. The maximum Gasteiger partial charge on any atom is 0.339 e. The zero-order valence-corrected chi connectivity index (χ0v) is 24.2. The summed E-state index contributed by atoms with van der Waals surface area (Å²) in [6.45, 7) is 4.58. The van der Waals surface area contributed by atoms with Gasteiger partial charge in [-0.2, -0.15) is 0 Å². The van der Waals surface area contributed by atoms with Crippen molar-refractivity contribution in [3.05, 3.63) is 90.1 Å². The minimum Gasteiger partial charge on any atom is -0.507 e. The molecule has 0 aliphatic carbocycles. The van der Waals surface area contributed by atoms with Crippen LogP contribution in [0.3, 0.4) is 0 Å². The first kappa shape index (κ1) is 34.4. The third-order valence-corrected chi connectivity index (χ3v) is 6.33. The standard InChI is InChI=1S/C34H47NO5/c1-3-5-6-7-8-9-10-11-12-13-14-15-16-17-18-19-21-29(4-2)33(38)35-25-20-22-30(36)26-28-23-24-32(37)31(27-28)34(39)40/h5-6,8-9,11-12,14-15,17-18,23-24,27,29,37H,3-4,7,10,13,16,19-22,25-26H2,1-2H3,(H,35,38)(H,39,40)/b6-5-,9-8-,12-11-,15-14-,18-17-. The lowest BCUT2D eigenvalue weighted by Crippen LogP contribution is -2.31. The van der Waals surface area contributed by atoms with Crippen molar-refractivity contribution in [2.45, 2.75) is 84.5 Å². The summed E-state index contributed by atoms with van der Waals surface area (Å²) < 4.78 is 0. The highest BCUT2D eigenvalue weighted by Crippen LogP contribution is 2.19. The number of amides is 1. The van der Waals surface area contributed by atoms with Gasteiger partial charge in [0.1, 0.15) is 17.1 Å². The first-order chi connectivity index (χ1) is 19.4. The Balaban J connectivity index is 2.18. The Morgan fingerprint density at radius 1 is 0.850 bits per heavy atom. The van der Waals surface area contributed by atoms with Gasteiger partial charge in [-0.05, 0) is 75.5 Å². The zero-order valence-electron chi connectivity index (χ0n) is 24.2. The van der Waals surface area contributed by atoms with E-state index in [2.05, 4.69) is 73.0 Å². The van der Waals surface area contributed by atoms with Crippen molar-refractivity contribution in [3.8, 4) is 5.75 Å². The number of hydrogen-bond donors (Lipinski definition) is 3. The van der Waals surface area contributed by atoms with E-state index in [0.29, 0.717) is 24.9 Å². The summed E-state index contributed by atoms with van der Waals surface area (Å²) in [6, 6.07) is 4.15. The van der Waals surface area contributed by atoms with Crippen LogP contribution >= 0.6 is 0 Å². The quantitative estimate of drug-likeness (QED) is 0.108. The van der Waals surface area contributed by atoms with Crippen LogP contribution in [0.5, 0.6) is 5.75 Å². The number of hydrogen-bond acceptors (Lipinski definition) is 4. The van der Waals surface area contributed by atoms with E-state index in [1.807, 2.05) is 6.92 Å². The third kappa shape index (κ3) is 16.3. The van der Waals surface area contributed by atoms with Crippen LogP contribution < -0.4 is 5.32 Å². The van der Waals surface area contributed by atoms with Gasteiger partial charge in [-0.15, -0.1) is 0 Å². The highest BCUT2D eigenvalue weighted by atomic mass is 16.4. The van der Waals surface area contributed by atoms with E-state index in [1.54, 1.807) is 6.07 Å². The van der Waals surface area contributed by atoms with Crippen LogP contribution in [0.4, 0.5) is 0 Å². The highest BCUT2D eigenvalue weighted by molar-refractivity contribution is 5.91. The molecule has 1 atom stereocenters. The van der Waals surface area contributed by atoms with Crippen molar-refractivity contribution >= 4 is 17.7 Å². The number of carbonyl (C=O) groups excluding carboxylic acids is 2. The number of nitrogens with one attached hydrogen (secondary N) is 1. The van der Waals surface area contributed by atoms with Gasteiger partial charge in [0.05, 0.1) is 0 Å². The Morgan fingerprint density at radius 2 is 1.43 bits per heavy atom. The van der Waals surface area contributed by atoms with Gasteiger partial charge in [-0.3, -0.25) is 9.59 Å². The summed E-state index contributed by atoms with van der Waals surface area (Å²) in [5, 5.41) is 21.6. The second-order valence-electron chi connectivity index (χ2n) is 9.66.